The minimum absolute atomic E-state index is 0.0178. The summed E-state index contributed by atoms with van der Waals surface area (Å²) in [4.78, 5) is 12.2. The second-order valence-corrected chi connectivity index (χ2v) is 6.09. The number of halogens is 1. The van der Waals surface area contributed by atoms with E-state index in [1.165, 1.54) is 0 Å². The molecule has 120 valence electrons. The number of para-hydroxylation sites is 1. The van der Waals surface area contributed by atoms with Gasteiger partial charge in [0.15, 0.2) is 5.88 Å². The van der Waals surface area contributed by atoms with E-state index in [0.29, 0.717) is 11.1 Å². The number of hydrogen-bond acceptors (Lipinski definition) is 5. The second-order valence-electron chi connectivity index (χ2n) is 4.93. The molecule has 0 unspecified atom stereocenters. The highest BCUT2D eigenvalue weighted by molar-refractivity contribution is 14.1. The number of aromatic nitrogens is 1. The Labute approximate surface area is 147 Å². The highest BCUT2D eigenvalue weighted by Crippen LogP contribution is 2.24. The Morgan fingerprint density at radius 3 is 2.70 bits per heavy atom. The van der Waals surface area contributed by atoms with Crippen molar-refractivity contribution < 1.29 is 10.2 Å². The first-order chi connectivity index (χ1) is 11.0. The van der Waals surface area contributed by atoms with Crippen LogP contribution in [0.4, 0.5) is 5.69 Å². The van der Waals surface area contributed by atoms with Crippen LogP contribution in [0.1, 0.15) is 16.7 Å². The third-order valence-electron chi connectivity index (χ3n) is 3.58. The number of hydrogen-bond donors (Lipinski definition) is 3. The summed E-state index contributed by atoms with van der Waals surface area (Å²) in [6, 6.07) is 9.55. The fraction of sp³-hybridized carbons (Fsp3) is 0.250. The molecule has 6 nitrogen and oxygen atoms in total. The zero-order chi connectivity index (χ0) is 17.0. The molecule has 0 radical (unpaired) electrons. The van der Waals surface area contributed by atoms with Crippen LogP contribution in [0, 0.1) is 21.8 Å². The number of aliphatic hydroxyl groups excluding tert-OH is 1. The van der Waals surface area contributed by atoms with Crippen LogP contribution < -0.4 is 10.9 Å². The number of anilines is 1. The van der Waals surface area contributed by atoms with Gasteiger partial charge in [-0.3, -0.25) is 9.36 Å². The fourth-order valence-corrected chi connectivity index (χ4v) is 2.89. The van der Waals surface area contributed by atoms with E-state index in [4.69, 9.17) is 5.11 Å². The van der Waals surface area contributed by atoms with Gasteiger partial charge < -0.3 is 15.5 Å². The average molecular weight is 425 g/mol. The van der Waals surface area contributed by atoms with Crippen LogP contribution in [0.15, 0.2) is 29.1 Å². The molecule has 1 aromatic heterocycles. The molecule has 7 heteroatoms. The van der Waals surface area contributed by atoms with Crippen LogP contribution in [0.5, 0.6) is 5.88 Å². The van der Waals surface area contributed by atoms with E-state index in [-0.39, 0.29) is 31.1 Å². The van der Waals surface area contributed by atoms with E-state index in [2.05, 4.69) is 27.9 Å². The third kappa shape index (κ3) is 3.48. The van der Waals surface area contributed by atoms with Crippen molar-refractivity contribution >= 4 is 28.3 Å². The summed E-state index contributed by atoms with van der Waals surface area (Å²) in [5.74, 6) is -0.223. The molecule has 2 aromatic rings. The summed E-state index contributed by atoms with van der Waals surface area (Å²) in [5.41, 5.74) is 1.20. The quantitative estimate of drug-likeness (QED) is 0.637. The number of nitrogens with zero attached hydrogens (tertiary/aromatic N) is 2. The minimum Gasteiger partial charge on any atom is -0.494 e. The maximum Gasteiger partial charge on any atom is 0.271 e. The Morgan fingerprint density at radius 1 is 1.39 bits per heavy atom. The zero-order valence-corrected chi connectivity index (χ0v) is 14.7. The van der Waals surface area contributed by atoms with Gasteiger partial charge in [0, 0.05) is 21.4 Å². The number of benzene rings is 1. The molecule has 0 amide bonds. The molecule has 1 aromatic carbocycles. The van der Waals surface area contributed by atoms with Crippen LogP contribution in [-0.2, 0) is 13.1 Å². The Hall–Kier alpha value is -2.05. The number of nitriles is 1. The Bertz CT molecular complexity index is 825. The van der Waals surface area contributed by atoms with Crippen LogP contribution in [0.3, 0.4) is 0 Å². The molecule has 0 atom stereocenters. The molecule has 0 aliphatic rings. The van der Waals surface area contributed by atoms with Gasteiger partial charge in [-0.05, 0) is 47.2 Å². The Balaban J connectivity index is 2.46. The monoisotopic (exact) mass is 425 g/mol. The molecule has 3 N–H and O–H groups in total. The van der Waals surface area contributed by atoms with Gasteiger partial charge in [-0.15, -0.1) is 0 Å². The molecular weight excluding hydrogens is 409 g/mol. The predicted molar refractivity (Wildman–Crippen MR) is 95.4 cm³/mol. The van der Waals surface area contributed by atoms with Crippen molar-refractivity contribution in [3.63, 3.8) is 0 Å². The lowest BCUT2D eigenvalue weighted by Crippen LogP contribution is -2.27. The summed E-state index contributed by atoms with van der Waals surface area (Å²) >= 11 is 2.19. The molecule has 0 spiro atoms. The number of pyridine rings is 1. The fourth-order valence-electron chi connectivity index (χ4n) is 2.31. The van der Waals surface area contributed by atoms with Crippen LogP contribution in [0.25, 0.3) is 0 Å². The van der Waals surface area contributed by atoms with Crippen molar-refractivity contribution in [3.8, 4) is 11.9 Å². The average Bonchev–Trinajstić information content (AvgIpc) is 2.53. The molecule has 0 aliphatic heterocycles. The van der Waals surface area contributed by atoms with Gasteiger partial charge in [-0.1, -0.05) is 12.1 Å². The van der Waals surface area contributed by atoms with Crippen molar-refractivity contribution in [3.05, 3.63) is 54.9 Å². The van der Waals surface area contributed by atoms with Gasteiger partial charge >= 0.3 is 0 Å². The Morgan fingerprint density at radius 2 is 2.09 bits per heavy atom. The van der Waals surface area contributed by atoms with E-state index in [1.54, 1.807) is 6.92 Å². The van der Waals surface area contributed by atoms with E-state index in [9.17, 15) is 15.2 Å². The number of nitrogens with one attached hydrogen (secondary N) is 1. The van der Waals surface area contributed by atoms with Crippen molar-refractivity contribution in [2.24, 2.45) is 0 Å². The molecule has 0 aliphatic carbocycles. The third-order valence-corrected chi connectivity index (χ3v) is 4.52. The first kappa shape index (κ1) is 17.3. The normalized spacial score (nSPS) is 10.3. The first-order valence-electron chi connectivity index (χ1n) is 6.95. The number of aliphatic hydroxyl groups is 1. The Kier molecular flexibility index (Phi) is 5.63. The molecular formula is C16H16IN3O3. The summed E-state index contributed by atoms with van der Waals surface area (Å²) in [6.07, 6.45) is 0. The lowest BCUT2D eigenvalue weighted by atomic mass is 10.1. The molecule has 0 bridgehead atoms. The van der Waals surface area contributed by atoms with Gasteiger partial charge in [-0.25, -0.2) is 0 Å². The van der Waals surface area contributed by atoms with Crippen LogP contribution in [-0.4, -0.2) is 21.4 Å². The van der Waals surface area contributed by atoms with Crippen molar-refractivity contribution in [2.45, 2.75) is 20.0 Å². The van der Waals surface area contributed by atoms with E-state index < -0.39 is 5.56 Å². The van der Waals surface area contributed by atoms with Crippen LogP contribution >= 0.6 is 22.6 Å². The summed E-state index contributed by atoms with van der Waals surface area (Å²) in [6.45, 7) is 1.54. The highest BCUT2D eigenvalue weighted by atomic mass is 127. The molecule has 0 saturated carbocycles. The van der Waals surface area contributed by atoms with Gasteiger partial charge in [0.1, 0.15) is 11.6 Å². The summed E-state index contributed by atoms with van der Waals surface area (Å²) in [7, 11) is 0. The lowest BCUT2D eigenvalue weighted by Gasteiger charge is -2.16. The summed E-state index contributed by atoms with van der Waals surface area (Å²) < 4.78 is 2.05. The van der Waals surface area contributed by atoms with Gasteiger partial charge in [0.2, 0.25) is 0 Å². The minimum atomic E-state index is -0.588. The maximum absolute atomic E-state index is 12.2. The van der Waals surface area contributed by atoms with E-state index in [1.807, 2.05) is 30.3 Å². The summed E-state index contributed by atoms with van der Waals surface area (Å²) in [5, 5.41) is 31.8. The molecule has 2 rings (SSSR count). The number of aromatic hydroxyl groups is 1. The zero-order valence-electron chi connectivity index (χ0n) is 12.5. The maximum atomic E-state index is 12.2. The van der Waals surface area contributed by atoms with Gasteiger partial charge in [-0.2, -0.15) is 5.26 Å². The van der Waals surface area contributed by atoms with Gasteiger partial charge in [0.25, 0.3) is 5.56 Å². The molecule has 23 heavy (non-hydrogen) atoms. The van der Waals surface area contributed by atoms with E-state index in [0.717, 1.165) is 13.8 Å². The molecule has 0 saturated heterocycles. The first-order valence-corrected chi connectivity index (χ1v) is 8.03. The lowest BCUT2D eigenvalue weighted by molar-refractivity contribution is 0.263. The number of rotatable bonds is 5. The van der Waals surface area contributed by atoms with Crippen molar-refractivity contribution in [1.82, 2.24) is 4.57 Å². The SMILES string of the molecule is Cc1c(CNc2ccccc2I)c(O)n(CCO)c(=O)c1C#N. The topological polar surface area (TPSA) is 98.3 Å². The standard InChI is InChI=1S/C16H16IN3O3/c1-10-11(8-18)15(22)20(6-7-21)16(23)12(10)9-19-14-5-3-2-4-13(14)17/h2-5,19,21,23H,6-7,9H2,1H3. The second kappa shape index (κ2) is 7.48. The molecule has 0 fully saturated rings. The largest absolute Gasteiger partial charge is 0.494 e. The van der Waals surface area contributed by atoms with Crippen molar-refractivity contribution in [1.29, 1.82) is 5.26 Å². The van der Waals surface area contributed by atoms with Crippen molar-refractivity contribution in [2.75, 3.05) is 11.9 Å². The van der Waals surface area contributed by atoms with Gasteiger partial charge in [0.05, 0.1) is 13.2 Å². The highest BCUT2D eigenvalue weighted by Gasteiger charge is 2.18. The van der Waals surface area contributed by atoms with Crippen LogP contribution in [0.2, 0.25) is 0 Å². The predicted octanol–water partition coefficient (Wildman–Crippen LogP) is 1.94. The molecule has 1 heterocycles. The van der Waals surface area contributed by atoms with E-state index >= 15 is 0 Å². The smallest absolute Gasteiger partial charge is 0.271 e.